The summed E-state index contributed by atoms with van der Waals surface area (Å²) in [7, 11) is 0. The zero-order valence-electron chi connectivity index (χ0n) is 15.8. The van der Waals surface area contributed by atoms with Crippen molar-refractivity contribution in [2.45, 2.75) is 53.7 Å². The number of carbonyl (C=O) groups excluding carboxylic acids is 2. The number of rotatable bonds is 6. The predicted octanol–water partition coefficient (Wildman–Crippen LogP) is 3.32. The van der Waals surface area contributed by atoms with E-state index in [2.05, 4.69) is 0 Å². The fraction of sp³-hybridized carbons (Fsp3) is 0.579. The second-order valence-corrected chi connectivity index (χ2v) is 7.61. The lowest BCUT2D eigenvalue weighted by atomic mass is 9.83. The highest BCUT2D eigenvalue weighted by Gasteiger charge is 2.47. The molecule has 6 nitrogen and oxygen atoms in total. The Balaban J connectivity index is 2.42. The van der Waals surface area contributed by atoms with Gasteiger partial charge in [-0.3, -0.25) is 9.59 Å². The van der Waals surface area contributed by atoms with Crippen molar-refractivity contribution in [2.24, 2.45) is 5.41 Å². The Morgan fingerprint density at radius 1 is 1.36 bits per heavy atom. The van der Waals surface area contributed by atoms with Crippen molar-refractivity contribution >= 4 is 11.7 Å². The number of furan rings is 1. The van der Waals surface area contributed by atoms with E-state index in [9.17, 15) is 14.7 Å². The van der Waals surface area contributed by atoms with Crippen LogP contribution in [0.5, 0.6) is 0 Å². The summed E-state index contributed by atoms with van der Waals surface area (Å²) >= 11 is 0. The van der Waals surface area contributed by atoms with Crippen LogP contribution >= 0.6 is 0 Å². The van der Waals surface area contributed by atoms with Crippen molar-refractivity contribution in [1.29, 1.82) is 0 Å². The van der Waals surface area contributed by atoms with Crippen LogP contribution in [-0.2, 0) is 14.3 Å². The van der Waals surface area contributed by atoms with Crippen LogP contribution < -0.4 is 0 Å². The van der Waals surface area contributed by atoms with Gasteiger partial charge in [0, 0.05) is 12.0 Å². The van der Waals surface area contributed by atoms with E-state index >= 15 is 0 Å². The number of aryl methyl sites for hydroxylation is 1. The largest absolute Gasteiger partial charge is 0.503 e. The van der Waals surface area contributed by atoms with Crippen molar-refractivity contribution in [3.05, 3.63) is 35.0 Å². The Morgan fingerprint density at radius 3 is 2.48 bits per heavy atom. The van der Waals surface area contributed by atoms with Crippen molar-refractivity contribution < 1.29 is 23.8 Å². The molecule has 138 valence electrons. The van der Waals surface area contributed by atoms with Gasteiger partial charge in [0.15, 0.2) is 11.5 Å². The molecule has 1 atom stereocenters. The van der Waals surface area contributed by atoms with Crippen molar-refractivity contribution in [2.75, 3.05) is 13.2 Å². The quantitative estimate of drug-likeness (QED) is 0.852. The van der Waals surface area contributed by atoms with Crippen LogP contribution in [0.15, 0.2) is 27.9 Å². The molecule has 0 bridgehead atoms. The Morgan fingerprint density at radius 2 is 2.00 bits per heavy atom. The summed E-state index contributed by atoms with van der Waals surface area (Å²) in [5, 5.41) is 10.4. The maximum absolute atomic E-state index is 12.9. The van der Waals surface area contributed by atoms with Crippen LogP contribution in [0.2, 0.25) is 0 Å². The average molecular weight is 349 g/mol. The third-order valence-corrected chi connectivity index (χ3v) is 4.04. The highest BCUT2D eigenvalue weighted by Crippen LogP contribution is 2.41. The summed E-state index contributed by atoms with van der Waals surface area (Å²) in [5.41, 5.74) is -0.634. The van der Waals surface area contributed by atoms with Crippen molar-refractivity contribution in [1.82, 2.24) is 4.90 Å². The van der Waals surface area contributed by atoms with Gasteiger partial charge in [0.05, 0.1) is 18.3 Å². The van der Waals surface area contributed by atoms with Gasteiger partial charge >= 0.3 is 0 Å². The maximum Gasteiger partial charge on any atom is 0.290 e. The lowest BCUT2D eigenvalue weighted by Gasteiger charge is -2.27. The molecular formula is C19H27NO5. The zero-order valence-corrected chi connectivity index (χ0v) is 15.8. The van der Waals surface area contributed by atoms with Gasteiger partial charge in [-0.15, -0.1) is 0 Å². The number of hydrogen-bond acceptors (Lipinski definition) is 5. The molecule has 1 aliphatic heterocycles. The van der Waals surface area contributed by atoms with Gasteiger partial charge in [0.25, 0.3) is 5.91 Å². The van der Waals surface area contributed by atoms with Crippen molar-refractivity contribution in [3.8, 4) is 0 Å². The molecule has 1 aliphatic rings. The molecule has 0 aliphatic carbocycles. The Kier molecular flexibility index (Phi) is 5.42. The normalized spacial score (nSPS) is 18.6. The van der Waals surface area contributed by atoms with E-state index in [1.54, 1.807) is 39.8 Å². The first-order valence-electron chi connectivity index (χ1n) is 8.51. The third-order valence-electron chi connectivity index (χ3n) is 4.04. The number of amides is 1. The summed E-state index contributed by atoms with van der Waals surface area (Å²) in [5.74, 6) is -0.200. The van der Waals surface area contributed by atoms with Crippen LogP contribution in [-0.4, -0.2) is 41.0 Å². The summed E-state index contributed by atoms with van der Waals surface area (Å²) in [6.45, 7) is 11.4. The second-order valence-electron chi connectivity index (χ2n) is 7.61. The summed E-state index contributed by atoms with van der Waals surface area (Å²) in [4.78, 5) is 26.9. The summed E-state index contributed by atoms with van der Waals surface area (Å²) < 4.78 is 11.2. The lowest BCUT2D eigenvalue weighted by Crippen LogP contribution is -2.35. The molecule has 0 spiro atoms. The number of nitrogens with zero attached hydrogens (tertiary/aromatic N) is 1. The standard InChI is InChI=1S/C19H27NO5/c1-11(2)24-10-9-20-15(13-8-7-12(3)25-13)14(16(21)18(20)23)17(22)19(4,5)6/h7-8,11,15,21H,9-10H2,1-6H3. The fourth-order valence-electron chi connectivity index (χ4n) is 2.80. The van der Waals surface area contributed by atoms with Crippen molar-refractivity contribution in [3.63, 3.8) is 0 Å². The first-order valence-corrected chi connectivity index (χ1v) is 8.51. The number of ether oxygens (including phenoxy) is 1. The Labute approximate surface area is 148 Å². The third kappa shape index (κ3) is 3.95. The number of ketones is 1. The summed E-state index contributed by atoms with van der Waals surface area (Å²) in [6, 6.07) is 2.78. The Hall–Kier alpha value is -2.08. The molecule has 0 radical (unpaired) electrons. The van der Waals surface area contributed by atoms with Gasteiger partial charge in [0.2, 0.25) is 0 Å². The monoisotopic (exact) mass is 349 g/mol. The number of Topliss-reactive ketones (excluding diaryl/α,β-unsaturated/α-hetero) is 1. The molecule has 0 saturated heterocycles. The molecule has 25 heavy (non-hydrogen) atoms. The van der Waals surface area contributed by atoms with Crippen LogP contribution in [0, 0.1) is 12.3 Å². The SMILES string of the molecule is Cc1ccc(C2C(C(=O)C(C)(C)C)=C(O)C(=O)N2CCOC(C)C)o1. The number of aliphatic hydroxyl groups excluding tert-OH is 1. The van der Waals surface area contributed by atoms with E-state index in [0.29, 0.717) is 18.1 Å². The smallest absolute Gasteiger partial charge is 0.290 e. The predicted molar refractivity (Wildman–Crippen MR) is 93.1 cm³/mol. The van der Waals surface area contributed by atoms with E-state index in [0.717, 1.165) is 0 Å². The van der Waals surface area contributed by atoms with Gasteiger partial charge < -0.3 is 19.2 Å². The molecule has 2 heterocycles. The average Bonchev–Trinajstić information content (AvgIpc) is 3.01. The molecule has 6 heteroatoms. The van der Waals surface area contributed by atoms with Gasteiger partial charge in [-0.1, -0.05) is 20.8 Å². The van der Waals surface area contributed by atoms with E-state index in [1.807, 2.05) is 13.8 Å². The molecule has 1 unspecified atom stereocenters. The van der Waals surface area contributed by atoms with Crippen LogP contribution in [0.1, 0.15) is 52.2 Å². The Bertz CT molecular complexity index is 693. The van der Waals surface area contributed by atoms with Gasteiger partial charge in [-0.2, -0.15) is 0 Å². The molecule has 0 aromatic carbocycles. The minimum Gasteiger partial charge on any atom is -0.503 e. The maximum atomic E-state index is 12.9. The molecule has 0 fully saturated rings. The molecule has 2 rings (SSSR count). The van der Waals surface area contributed by atoms with E-state index in [4.69, 9.17) is 9.15 Å². The molecule has 1 N–H and O–H groups in total. The topological polar surface area (TPSA) is 80.0 Å². The highest BCUT2D eigenvalue weighted by atomic mass is 16.5. The minimum absolute atomic E-state index is 0.0271. The zero-order chi connectivity index (χ0) is 18.9. The van der Waals surface area contributed by atoms with Gasteiger partial charge in [0.1, 0.15) is 17.6 Å². The van der Waals surface area contributed by atoms with E-state index in [-0.39, 0.29) is 24.0 Å². The van der Waals surface area contributed by atoms with E-state index < -0.39 is 23.1 Å². The van der Waals surface area contributed by atoms with Gasteiger partial charge in [-0.25, -0.2) is 0 Å². The van der Waals surface area contributed by atoms with Gasteiger partial charge in [-0.05, 0) is 32.9 Å². The first kappa shape index (κ1) is 19.2. The number of carbonyl (C=O) groups is 2. The lowest BCUT2D eigenvalue weighted by molar-refractivity contribution is -0.130. The first-order chi connectivity index (χ1) is 11.5. The van der Waals surface area contributed by atoms with Crippen LogP contribution in [0.4, 0.5) is 0 Å². The highest BCUT2D eigenvalue weighted by molar-refractivity contribution is 6.10. The molecular weight excluding hydrogens is 322 g/mol. The minimum atomic E-state index is -0.733. The molecule has 1 amide bonds. The molecule has 1 aromatic rings. The second kappa shape index (κ2) is 7.04. The molecule has 1 aromatic heterocycles. The fourth-order valence-corrected chi connectivity index (χ4v) is 2.80. The number of hydrogen-bond donors (Lipinski definition) is 1. The van der Waals surface area contributed by atoms with Crippen LogP contribution in [0.25, 0.3) is 0 Å². The number of aliphatic hydroxyl groups is 1. The molecule has 0 saturated carbocycles. The van der Waals surface area contributed by atoms with E-state index in [1.165, 1.54) is 4.90 Å². The van der Waals surface area contributed by atoms with Crippen LogP contribution in [0.3, 0.4) is 0 Å². The summed E-state index contributed by atoms with van der Waals surface area (Å²) in [6.07, 6.45) is 0.0271.